The fourth-order valence-electron chi connectivity index (χ4n) is 8.16. The van der Waals surface area contributed by atoms with Gasteiger partial charge in [-0.25, -0.2) is 0 Å². The van der Waals surface area contributed by atoms with E-state index in [0.29, 0.717) is 13.2 Å². The van der Waals surface area contributed by atoms with Crippen molar-refractivity contribution in [2.45, 2.75) is 51.1 Å². The van der Waals surface area contributed by atoms with Gasteiger partial charge in [0.15, 0.2) is 0 Å². The maximum absolute atomic E-state index is 3.63. The molecule has 0 spiro atoms. The van der Waals surface area contributed by atoms with Crippen molar-refractivity contribution in [3.63, 3.8) is 0 Å². The van der Waals surface area contributed by atoms with E-state index in [0.717, 1.165) is 0 Å². The van der Waals surface area contributed by atoms with Crippen molar-refractivity contribution in [1.82, 2.24) is 0 Å². The quantitative estimate of drug-likeness (QED) is 0.183. The molecule has 0 saturated heterocycles. The average Bonchev–Trinajstić information content (AvgIpc) is 3.48. The number of aryl methyl sites for hydroxylation is 2. The van der Waals surface area contributed by atoms with Crippen molar-refractivity contribution in [2.75, 3.05) is 0 Å². The number of halogens is 2. The summed E-state index contributed by atoms with van der Waals surface area (Å²) in [6.45, 7) is 14.2. The third-order valence-corrected chi connectivity index (χ3v) is 27.3. The number of benzene rings is 4. The van der Waals surface area contributed by atoms with Gasteiger partial charge in [0.05, 0.1) is 0 Å². The summed E-state index contributed by atoms with van der Waals surface area (Å²) in [5.74, 6) is 0.516. The van der Waals surface area contributed by atoms with Crippen LogP contribution < -0.4 is 0 Å². The van der Waals surface area contributed by atoms with Crippen molar-refractivity contribution in [1.29, 1.82) is 0 Å². The monoisotopic (exact) mass is 688 g/mol. The first-order valence-corrected chi connectivity index (χ1v) is 28.5. The summed E-state index contributed by atoms with van der Waals surface area (Å²) in [6.07, 6.45) is 5.13. The van der Waals surface area contributed by atoms with E-state index in [1.165, 1.54) is 44.5 Å². The predicted molar refractivity (Wildman–Crippen MR) is 190 cm³/mol. The second-order valence-corrected chi connectivity index (χ2v) is 44.3. The zero-order valence-electron chi connectivity index (χ0n) is 26.0. The van der Waals surface area contributed by atoms with Crippen LogP contribution in [0.4, 0.5) is 0 Å². The molecule has 2 aliphatic carbocycles. The van der Waals surface area contributed by atoms with Crippen LogP contribution in [0.2, 0.25) is 9.26 Å². The van der Waals surface area contributed by atoms with Gasteiger partial charge >= 0.3 is 245 Å². The Hall–Kier alpha value is -1.96. The molecular formula is C38H44Cl2SiZr. The molecule has 0 heterocycles. The molecule has 0 N–H and O–H groups in total. The SMILES string of the molecule is CC1=Cc2c(-c3ccccc3)cc(C)cc2[CH]1[Zr]([CH3])([CH3])(=[SiH2])[CH]1C(C(C)C)=Cc2c(-c3ccccc3C)cccc21.Cl.Cl. The Labute approximate surface area is 268 Å². The third kappa shape index (κ3) is 5.32. The van der Waals surface area contributed by atoms with E-state index >= 15 is 0 Å². The van der Waals surface area contributed by atoms with Crippen LogP contribution >= 0.6 is 24.8 Å². The molecule has 0 radical (unpaired) electrons. The van der Waals surface area contributed by atoms with Crippen molar-refractivity contribution in [2.24, 2.45) is 5.92 Å². The third-order valence-electron chi connectivity index (χ3n) is 9.67. The molecule has 0 aromatic heterocycles. The van der Waals surface area contributed by atoms with Crippen molar-refractivity contribution >= 4 is 43.8 Å². The van der Waals surface area contributed by atoms with E-state index in [1.54, 1.807) is 22.3 Å². The molecule has 2 aliphatic rings. The Bertz CT molecular complexity index is 1790. The summed E-state index contributed by atoms with van der Waals surface area (Å²) in [5, 5.41) is 0. The van der Waals surface area contributed by atoms with Crippen LogP contribution in [0.15, 0.2) is 96.1 Å². The molecule has 4 heteroatoms. The van der Waals surface area contributed by atoms with Gasteiger partial charge in [-0.1, -0.05) is 0 Å². The Morgan fingerprint density at radius 1 is 0.643 bits per heavy atom. The van der Waals surface area contributed by atoms with Crippen molar-refractivity contribution in [3.05, 3.63) is 129 Å². The Morgan fingerprint density at radius 3 is 1.93 bits per heavy atom. The summed E-state index contributed by atoms with van der Waals surface area (Å²) in [6, 6.07) is 31.9. The van der Waals surface area contributed by atoms with Crippen molar-refractivity contribution in [3.8, 4) is 22.3 Å². The second kappa shape index (κ2) is 11.9. The maximum Gasteiger partial charge on any atom is -0.147 e. The summed E-state index contributed by atoms with van der Waals surface area (Å²) in [4.78, 5) is 0. The van der Waals surface area contributed by atoms with E-state index in [4.69, 9.17) is 0 Å². The first-order chi connectivity index (χ1) is 19.0. The van der Waals surface area contributed by atoms with Gasteiger partial charge in [0.2, 0.25) is 0 Å². The van der Waals surface area contributed by atoms with Crippen LogP contribution in [0.5, 0.6) is 0 Å². The first-order valence-electron chi connectivity index (χ1n) is 14.8. The number of allylic oxidation sites excluding steroid dienone is 2. The molecule has 2 unspecified atom stereocenters. The van der Waals surface area contributed by atoms with E-state index in [2.05, 4.69) is 148 Å². The van der Waals surface area contributed by atoms with Crippen LogP contribution in [0.3, 0.4) is 0 Å². The molecule has 0 saturated carbocycles. The fraction of sp³-hybridized carbons (Fsp3) is 0.263. The number of fused-ring (bicyclic) bond motifs is 2. The Balaban J connectivity index is 0.00000202. The van der Waals surface area contributed by atoms with Gasteiger partial charge in [-0.2, -0.15) is 0 Å². The first kappa shape index (κ1) is 32.9. The van der Waals surface area contributed by atoms with Crippen LogP contribution in [0.25, 0.3) is 34.4 Å². The van der Waals surface area contributed by atoms with Crippen LogP contribution in [0.1, 0.15) is 61.4 Å². The molecule has 218 valence electrons. The molecule has 4 aromatic carbocycles. The zero-order valence-corrected chi connectivity index (χ0v) is 31.5. The van der Waals surface area contributed by atoms with Crippen LogP contribution in [-0.4, -0.2) is 6.88 Å². The topological polar surface area (TPSA) is 0 Å². The van der Waals surface area contributed by atoms with Crippen molar-refractivity contribution < 1.29 is 17.4 Å². The van der Waals surface area contributed by atoms with Gasteiger partial charge in [-0.3, -0.25) is 0 Å². The summed E-state index contributed by atoms with van der Waals surface area (Å²) >= 11 is -3.63. The normalized spacial score (nSPS) is 17.5. The van der Waals surface area contributed by atoms with Gasteiger partial charge < -0.3 is 0 Å². The average molecular weight is 691 g/mol. The van der Waals surface area contributed by atoms with Gasteiger partial charge in [0, 0.05) is 0 Å². The number of hydrogen-bond acceptors (Lipinski definition) is 0. The van der Waals surface area contributed by atoms with Gasteiger partial charge in [-0.05, 0) is 0 Å². The maximum atomic E-state index is 2.76. The summed E-state index contributed by atoms with van der Waals surface area (Å²) in [5.41, 5.74) is 17.5. The molecule has 0 aliphatic heterocycles. The van der Waals surface area contributed by atoms with Crippen LogP contribution in [-0.2, 0) is 17.4 Å². The molecule has 0 fully saturated rings. The second-order valence-electron chi connectivity index (χ2n) is 13.8. The Kier molecular flexibility index (Phi) is 9.30. The minimum atomic E-state index is -3.63. The molecular weight excluding hydrogens is 647 g/mol. The van der Waals surface area contributed by atoms with Crippen LogP contribution in [0, 0.1) is 19.8 Å². The molecule has 42 heavy (non-hydrogen) atoms. The minimum Gasteiger partial charge on any atom is -0.147 e. The molecule has 0 nitrogen and oxygen atoms in total. The van der Waals surface area contributed by atoms with E-state index < -0.39 is 17.4 Å². The minimum absolute atomic E-state index is 0. The molecule has 6 rings (SSSR count). The number of hydrogen-bond donors (Lipinski definition) is 0. The predicted octanol–water partition coefficient (Wildman–Crippen LogP) is 11.1. The van der Waals surface area contributed by atoms with E-state index in [9.17, 15) is 0 Å². The van der Waals surface area contributed by atoms with E-state index in [1.807, 2.05) is 0 Å². The molecule has 0 amide bonds. The summed E-state index contributed by atoms with van der Waals surface area (Å²) in [7, 11) is 0. The van der Waals surface area contributed by atoms with Gasteiger partial charge in [-0.15, -0.1) is 24.8 Å². The summed E-state index contributed by atoms with van der Waals surface area (Å²) < 4.78 is 6.58. The molecule has 4 aromatic rings. The number of rotatable bonds is 5. The fourth-order valence-corrected chi connectivity index (χ4v) is 28.7. The smallest absolute Gasteiger partial charge is 0.147 e. The standard InChI is InChI=1S/C19H19.C17H15.2CH3.2ClH.H2Si.Zr/c1-13(2)16-11-15-8-6-10-18(19(15)12-16)17-9-5-4-7-14(17)3;1-12-8-15-9-13(2)11-17(15)16(10-12)14-6-4-3-5-7-14;;;;;;/h4-13H,1-3H3;3-11H,1-2H3;2*1H3;2*1H;1H2;. The van der Waals surface area contributed by atoms with E-state index in [-0.39, 0.29) is 24.8 Å². The Morgan fingerprint density at radius 2 is 1.26 bits per heavy atom. The zero-order chi connectivity index (χ0) is 28.4. The molecule has 0 bridgehead atoms. The largest absolute Gasteiger partial charge is 0.147 e. The van der Waals surface area contributed by atoms with Gasteiger partial charge in [0.25, 0.3) is 0 Å². The molecule has 2 atom stereocenters. The van der Waals surface area contributed by atoms with Gasteiger partial charge in [0.1, 0.15) is 0 Å².